The third kappa shape index (κ3) is 4.27. The first kappa shape index (κ1) is 20.3. The molecule has 1 saturated carbocycles. The summed E-state index contributed by atoms with van der Waals surface area (Å²) in [6, 6.07) is 13.3. The van der Waals surface area contributed by atoms with Crippen molar-refractivity contribution in [2.24, 2.45) is 0 Å². The average Bonchev–Trinajstić information content (AvgIpc) is 3.62. The molecule has 2 amide bonds. The molecular weight excluding hydrogens is 380 g/mol. The molecule has 0 radical (unpaired) electrons. The van der Waals surface area contributed by atoms with Gasteiger partial charge in [0.25, 0.3) is 5.91 Å². The van der Waals surface area contributed by atoms with Gasteiger partial charge < -0.3 is 19.3 Å². The van der Waals surface area contributed by atoms with Crippen molar-refractivity contribution in [1.29, 1.82) is 0 Å². The van der Waals surface area contributed by atoms with Crippen LogP contribution in [0.15, 0.2) is 42.5 Å². The Balaban J connectivity index is 1.54. The summed E-state index contributed by atoms with van der Waals surface area (Å²) in [5.74, 6) is 1.64. The van der Waals surface area contributed by atoms with E-state index in [0.717, 1.165) is 55.0 Å². The van der Waals surface area contributed by atoms with Crippen molar-refractivity contribution in [3.05, 3.63) is 53.6 Å². The van der Waals surface area contributed by atoms with Gasteiger partial charge in [-0.15, -0.1) is 0 Å². The molecular formula is C24H28N2O4. The number of benzene rings is 2. The Labute approximate surface area is 177 Å². The number of ether oxygens (including phenoxy) is 2. The minimum absolute atomic E-state index is 0.00102. The number of anilines is 1. The fraction of sp³-hybridized carbons (Fsp3) is 0.417. The van der Waals surface area contributed by atoms with Gasteiger partial charge in [-0.25, -0.2) is 0 Å². The Bertz CT molecular complexity index is 921. The molecule has 1 aliphatic carbocycles. The predicted molar refractivity (Wildman–Crippen MR) is 115 cm³/mol. The summed E-state index contributed by atoms with van der Waals surface area (Å²) in [5.41, 5.74) is 2.42. The lowest BCUT2D eigenvalue weighted by molar-refractivity contribution is -0.119. The van der Waals surface area contributed by atoms with E-state index >= 15 is 0 Å². The monoisotopic (exact) mass is 408 g/mol. The smallest absolute Gasteiger partial charge is 0.254 e. The summed E-state index contributed by atoms with van der Waals surface area (Å²) in [7, 11) is 3.26. The van der Waals surface area contributed by atoms with E-state index in [-0.39, 0.29) is 17.9 Å². The van der Waals surface area contributed by atoms with Crippen LogP contribution in [0.1, 0.15) is 48.0 Å². The molecule has 1 heterocycles. The third-order valence-electron chi connectivity index (χ3n) is 5.83. The highest BCUT2D eigenvalue weighted by Crippen LogP contribution is 2.33. The van der Waals surface area contributed by atoms with Crippen LogP contribution in [0, 0.1) is 0 Å². The van der Waals surface area contributed by atoms with Crippen molar-refractivity contribution in [2.45, 2.75) is 44.7 Å². The highest BCUT2D eigenvalue weighted by Gasteiger charge is 2.34. The average molecular weight is 408 g/mol. The van der Waals surface area contributed by atoms with E-state index in [2.05, 4.69) is 0 Å². The van der Waals surface area contributed by atoms with E-state index in [0.29, 0.717) is 18.5 Å². The first-order valence-electron chi connectivity index (χ1n) is 10.5. The van der Waals surface area contributed by atoms with Gasteiger partial charge in [0.2, 0.25) is 5.91 Å². The molecule has 0 spiro atoms. The van der Waals surface area contributed by atoms with Crippen molar-refractivity contribution in [1.82, 2.24) is 4.90 Å². The van der Waals surface area contributed by atoms with Gasteiger partial charge in [-0.05, 0) is 68.1 Å². The van der Waals surface area contributed by atoms with Crippen LogP contribution in [0.5, 0.6) is 11.5 Å². The standard InChI is InChI=1S/C24H28N2O4/c1-29-21-12-13-22(30-2)18(15-21)16-26(20-10-11-20)24(28)17-6-8-19(9-7-17)25-14-4-3-5-23(25)27/h6-9,12-13,15,20H,3-5,10-11,14,16H2,1-2H3. The van der Waals surface area contributed by atoms with Gasteiger partial charge >= 0.3 is 0 Å². The molecule has 0 unspecified atom stereocenters. The molecule has 6 heteroatoms. The van der Waals surface area contributed by atoms with E-state index < -0.39 is 0 Å². The fourth-order valence-corrected chi connectivity index (χ4v) is 3.97. The second-order valence-electron chi connectivity index (χ2n) is 7.89. The van der Waals surface area contributed by atoms with Crippen molar-refractivity contribution >= 4 is 17.5 Å². The molecule has 0 bridgehead atoms. The zero-order valence-electron chi connectivity index (χ0n) is 17.6. The highest BCUT2D eigenvalue weighted by molar-refractivity contribution is 5.97. The van der Waals surface area contributed by atoms with Crippen LogP contribution in [0.3, 0.4) is 0 Å². The molecule has 2 aliphatic rings. The molecule has 4 rings (SSSR count). The Kier molecular flexibility index (Phi) is 5.93. The maximum absolute atomic E-state index is 13.3. The van der Waals surface area contributed by atoms with Crippen LogP contribution >= 0.6 is 0 Å². The van der Waals surface area contributed by atoms with E-state index in [1.165, 1.54) is 0 Å². The lowest BCUT2D eigenvalue weighted by Crippen LogP contribution is -2.35. The summed E-state index contributed by atoms with van der Waals surface area (Å²) in [4.78, 5) is 29.2. The van der Waals surface area contributed by atoms with Crippen LogP contribution < -0.4 is 14.4 Å². The quantitative estimate of drug-likeness (QED) is 0.694. The molecule has 0 aromatic heterocycles. The lowest BCUT2D eigenvalue weighted by atomic mass is 10.1. The van der Waals surface area contributed by atoms with Crippen LogP contribution in [0.25, 0.3) is 0 Å². The first-order chi connectivity index (χ1) is 14.6. The predicted octanol–water partition coefficient (Wildman–Crippen LogP) is 4.03. The SMILES string of the molecule is COc1ccc(OC)c(CN(C(=O)c2ccc(N3CCCCC3=O)cc2)C2CC2)c1. The second-order valence-corrected chi connectivity index (χ2v) is 7.89. The lowest BCUT2D eigenvalue weighted by Gasteiger charge is -2.27. The van der Waals surface area contributed by atoms with Crippen molar-refractivity contribution < 1.29 is 19.1 Å². The molecule has 1 aliphatic heterocycles. The molecule has 0 N–H and O–H groups in total. The van der Waals surface area contributed by atoms with Crippen molar-refractivity contribution in [3.63, 3.8) is 0 Å². The third-order valence-corrected chi connectivity index (χ3v) is 5.83. The molecule has 158 valence electrons. The summed E-state index contributed by atoms with van der Waals surface area (Å²) in [6.45, 7) is 1.21. The van der Waals surface area contributed by atoms with Crippen molar-refractivity contribution in [2.75, 3.05) is 25.7 Å². The molecule has 0 atom stereocenters. The number of hydrogen-bond acceptors (Lipinski definition) is 4. The van der Waals surface area contributed by atoms with E-state index in [4.69, 9.17) is 9.47 Å². The molecule has 2 aromatic carbocycles. The minimum Gasteiger partial charge on any atom is -0.497 e. The van der Waals surface area contributed by atoms with Gasteiger partial charge in [0.15, 0.2) is 0 Å². The number of carbonyl (C=O) groups excluding carboxylic acids is 2. The summed E-state index contributed by atoms with van der Waals surface area (Å²) in [5, 5.41) is 0. The van der Waals surface area contributed by atoms with Crippen LogP contribution in [-0.2, 0) is 11.3 Å². The van der Waals surface area contributed by atoms with E-state index in [1.807, 2.05) is 52.3 Å². The highest BCUT2D eigenvalue weighted by atomic mass is 16.5. The van der Waals surface area contributed by atoms with Gasteiger partial charge in [-0.1, -0.05) is 0 Å². The number of carbonyl (C=O) groups is 2. The van der Waals surface area contributed by atoms with Crippen LogP contribution in [0.2, 0.25) is 0 Å². The summed E-state index contributed by atoms with van der Waals surface area (Å²) < 4.78 is 10.8. The zero-order chi connectivity index (χ0) is 21.1. The van der Waals surface area contributed by atoms with Gasteiger partial charge in [0.1, 0.15) is 11.5 Å². The Morgan fingerprint density at radius 2 is 1.83 bits per heavy atom. The van der Waals surface area contributed by atoms with Crippen molar-refractivity contribution in [3.8, 4) is 11.5 Å². The Hall–Kier alpha value is -3.02. The fourth-order valence-electron chi connectivity index (χ4n) is 3.97. The van der Waals surface area contributed by atoms with Crippen LogP contribution in [-0.4, -0.2) is 43.5 Å². The Morgan fingerprint density at radius 3 is 2.47 bits per heavy atom. The number of amides is 2. The summed E-state index contributed by atoms with van der Waals surface area (Å²) in [6.07, 6.45) is 4.59. The maximum Gasteiger partial charge on any atom is 0.254 e. The van der Waals surface area contributed by atoms with Gasteiger partial charge in [-0.2, -0.15) is 0 Å². The number of rotatable bonds is 7. The molecule has 1 saturated heterocycles. The number of piperidine rings is 1. The number of hydrogen-bond donors (Lipinski definition) is 0. The summed E-state index contributed by atoms with van der Waals surface area (Å²) >= 11 is 0. The van der Waals surface area contributed by atoms with Gasteiger partial charge in [0.05, 0.1) is 20.8 Å². The minimum atomic E-state index is -0.00102. The van der Waals surface area contributed by atoms with Gasteiger partial charge in [-0.3, -0.25) is 9.59 Å². The van der Waals surface area contributed by atoms with E-state index in [9.17, 15) is 9.59 Å². The normalized spacial score (nSPS) is 16.3. The van der Waals surface area contributed by atoms with Crippen LogP contribution in [0.4, 0.5) is 5.69 Å². The molecule has 2 fully saturated rings. The largest absolute Gasteiger partial charge is 0.497 e. The Morgan fingerprint density at radius 1 is 1.07 bits per heavy atom. The molecule has 30 heavy (non-hydrogen) atoms. The van der Waals surface area contributed by atoms with Gasteiger partial charge in [0, 0.05) is 35.8 Å². The number of methoxy groups -OCH3 is 2. The molecule has 2 aromatic rings. The first-order valence-corrected chi connectivity index (χ1v) is 10.5. The second kappa shape index (κ2) is 8.78. The maximum atomic E-state index is 13.3. The molecule has 6 nitrogen and oxygen atoms in total. The number of nitrogens with zero attached hydrogens (tertiary/aromatic N) is 2. The zero-order valence-corrected chi connectivity index (χ0v) is 17.6. The topological polar surface area (TPSA) is 59.1 Å². The van der Waals surface area contributed by atoms with E-state index in [1.54, 1.807) is 14.2 Å².